The molecule has 2 aliphatic rings. The largest absolute Gasteiger partial charge is 0.214 e. The van der Waals surface area contributed by atoms with E-state index in [0.717, 1.165) is 12.1 Å². The maximum Gasteiger partial charge on any atom is 0.214 e. The molecule has 0 spiro atoms. The topological polar surface area (TPSA) is 251 Å². The molecule has 0 bridgehead atoms. The van der Waals surface area contributed by atoms with E-state index in [4.69, 9.17) is 0 Å². The Labute approximate surface area is 273 Å². The lowest BCUT2D eigenvalue weighted by Crippen LogP contribution is -2.05. The standard InChI is InChI=1S/C35H4F3N11/c36-24-4-19(25(37)3-15(24)5-39)31-21(11-45)33-22(12-46)32-20(10-44)30(18-1-2-27(38)49-26(18)14-48)28(16(6-40)7-41)34(32)23(13-47)35(33)29(31)17(8-42)9-43/h1-4H. The molecule has 1 heterocycles. The number of nitriles is 10. The summed E-state index contributed by atoms with van der Waals surface area (Å²) in [5.41, 5.74) is -10.1. The van der Waals surface area contributed by atoms with Gasteiger partial charge in [0.1, 0.15) is 83.5 Å². The highest BCUT2D eigenvalue weighted by Gasteiger charge is 2.44. The van der Waals surface area contributed by atoms with E-state index in [2.05, 4.69) is 4.98 Å². The van der Waals surface area contributed by atoms with Crippen LogP contribution in [0, 0.1) is 131 Å². The predicted molar refractivity (Wildman–Crippen MR) is 157 cm³/mol. The van der Waals surface area contributed by atoms with Crippen LogP contribution in [0.4, 0.5) is 13.2 Å². The molecular weight excluding hydrogens is 631 g/mol. The van der Waals surface area contributed by atoms with Crippen molar-refractivity contribution >= 4 is 33.4 Å². The minimum atomic E-state index is -1.28. The Morgan fingerprint density at radius 3 is 1.43 bits per heavy atom. The molecule has 220 valence electrons. The van der Waals surface area contributed by atoms with E-state index in [1.54, 1.807) is 36.4 Å². The summed E-state index contributed by atoms with van der Waals surface area (Å²) in [5.74, 6) is -3.64. The fourth-order valence-corrected chi connectivity index (χ4v) is 5.81. The molecule has 2 aromatic carbocycles. The highest BCUT2D eigenvalue weighted by Crippen LogP contribution is 2.58. The molecule has 11 nitrogen and oxygen atoms in total. The number of hydrogen-bond donors (Lipinski definition) is 0. The lowest BCUT2D eigenvalue weighted by atomic mass is 9.82. The molecule has 2 aliphatic carbocycles. The molecule has 0 N–H and O–H groups in total. The van der Waals surface area contributed by atoms with Crippen molar-refractivity contribution in [2.45, 2.75) is 0 Å². The van der Waals surface area contributed by atoms with Crippen molar-refractivity contribution in [3.63, 3.8) is 0 Å². The SMILES string of the molecule is N#CC(C#N)=C1C(c2cc(F)c(C#N)cc2F)=C(C#N)c2c(C#N)c3c(c(C#N)c21)C(=C(C#N)C#N)C(c1ccc(F)nc1C#N)=C3C#N. The van der Waals surface area contributed by atoms with Crippen molar-refractivity contribution in [1.29, 1.82) is 52.6 Å². The van der Waals surface area contributed by atoms with Crippen molar-refractivity contribution < 1.29 is 13.2 Å². The van der Waals surface area contributed by atoms with Gasteiger partial charge in [-0.15, -0.1) is 0 Å². The first-order valence-corrected chi connectivity index (χ1v) is 13.1. The van der Waals surface area contributed by atoms with Crippen LogP contribution >= 0.6 is 0 Å². The molecule has 49 heavy (non-hydrogen) atoms. The molecule has 0 unspecified atom stereocenters. The first kappa shape index (κ1) is 31.7. The van der Waals surface area contributed by atoms with Gasteiger partial charge < -0.3 is 0 Å². The van der Waals surface area contributed by atoms with Crippen LogP contribution < -0.4 is 0 Å². The summed E-state index contributed by atoms with van der Waals surface area (Å²) < 4.78 is 44.6. The van der Waals surface area contributed by atoms with Crippen LogP contribution in [-0.2, 0) is 0 Å². The maximum atomic E-state index is 15.6. The van der Waals surface area contributed by atoms with E-state index in [1.165, 1.54) is 6.07 Å². The van der Waals surface area contributed by atoms with Crippen LogP contribution in [0.1, 0.15) is 55.8 Å². The van der Waals surface area contributed by atoms with Gasteiger partial charge in [-0.3, -0.25) is 0 Å². The van der Waals surface area contributed by atoms with Gasteiger partial charge in [-0.25, -0.2) is 13.8 Å². The molecule has 0 fully saturated rings. The number of benzene rings is 2. The van der Waals surface area contributed by atoms with Crippen LogP contribution in [0.25, 0.3) is 33.4 Å². The summed E-state index contributed by atoms with van der Waals surface area (Å²) in [7, 11) is 0. The second-order valence-corrected chi connectivity index (χ2v) is 9.71. The average molecular weight is 635 g/mol. The smallest absolute Gasteiger partial charge is 0.208 e. The van der Waals surface area contributed by atoms with E-state index in [1.807, 2.05) is 18.2 Å². The molecule has 3 aromatic rings. The van der Waals surface area contributed by atoms with E-state index in [9.17, 15) is 61.4 Å². The van der Waals surface area contributed by atoms with Gasteiger partial charge in [0, 0.05) is 55.7 Å². The van der Waals surface area contributed by atoms with Gasteiger partial charge in [-0.1, -0.05) is 0 Å². The molecule has 0 atom stereocenters. The van der Waals surface area contributed by atoms with Gasteiger partial charge in [0.05, 0.1) is 27.8 Å². The Bertz CT molecular complexity index is 2710. The molecular formula is C35H4F3N11. The van der Waals surface area contributed by atoms with Crippen molar-refractivity contribution in [2.24, 2.45) is 0 Å². The Hall–Kier alpha value is -8.76. The van der Waals surface area contributed by atoms with Gasteiger partial charge in [-0.05, 0) is 24.3 Å². The molecule has 1 aromatic heterocycles. The number of allylic oxidation sites excluding steroid dienone is 8. The van der Waals surface area contributed by atoms with Crippen LogP contribution in [0.15, 0.2) is 35.4 Å². The van der Waals surface area contributed by atoms with E-state index in [-0.39, 0.29) is 11.1 Å². The monoisotopic (exact) mass is 635 g/mol. The van der Waals surface area contributed by atoms with E-state index in [0.29, 0.717) is 12.1 Å². The molecule has 5 rings (SSSR count). The van der Waals surface area contributed by atoms with Crippen LogP contribution in [-0.4, -0.2) is 4.98 Å². The first-order chi connectivity index (χ1) is 23.7. The van der Waals surface area contributed by atoms with E-state index >= 15 is 4.39 Å². The minimum Gasteiger partial charge on any atom is -0.208 e. The Morgan fingerprint density at radius 1 is 0.510 bits per heavy atom. The molecule has 0 saturated carbocycles. The highest BCUT2D eigenvalue weighted by molar-refractivity contribution is 6.32. The van der Waals surface area contributed by atoms with Gasteiger partial charge in [-0.2, -0.15) is 57.0 Å². The predicted octanol–water partition coefficient (Wildman–Crippen LogP) is 5.48. The summed E-state index contributed by atoms with van der Waals surface area (Å²) in [4.78, 5) is 3.51. The van der Waals surface area contributed by atoms with E-state index < -0.39 is 107 Å². The normalized spacial score (nSPS) is 11.9. The number of rotatable bonds is 2. The first-order valence-electron chi connectivity index (χ1n) is 13.1. The number of aromatic nitrogens is 1. The summed E-state index contributed by atoms with van der Waals surface area (Å²) >= 11 is 0. The van der Waals surface area contributed by atoms with Crippen LogP contribution in [0.3, 0.4) is 0 Å². The third kappa shape index (κ3) is 4.32. The Morgan fingerprint density at radius 2 is 1.00 bits per heavy atom. The van der Waals surface area contributed by atoms with Gasteiger partial charge in [0.2, 0.25) is 5.95 Å². The number of nitrogens with zero attached hydrogens (tertiary/aromatic N) is 11. The molecule has 0 aliphatic heterocycles. The fraction of sp³-hybridized carbons (Fsp3) is 0. The third-order valence-corrected chi connectivity index (χ3v) is 7.58. The Kier molecular flexibility index (Phi) is 7.73. The third-order valence-electron chi connectivity index (χ3n) is 7.58. The zero-order valence-electron chi connectivity index (χ0n) is 23.9. The molecule has 0 radical (unpaired) electrons. The number of pyridine rings is 1. The second kappa shape index (κ2) is 12.0. The van der Waals surface area contributed by atoms with Crippen molar-refractivity contribution in [2.75, 3.05) is 0 Å². The second-order valence-electron chi connectivity index (χ2n) is 9.71. The van der Waals surface area contributed by atoms with Crippen LogP contribution in [0.5, 0.6) is 0 Å². The molecule has 14 heteroatoms. The highest BCUT2D eigenvalue weighted by atomic mass is 19.1. The molecule has 0 saturated heterocycles. The lowest BCUT2D eigenvalue weighted by molar-refractivity contribution is 0.582. The summed E-state index contributed by atoms with van der Waals surface area (Å²) in [6.07, 6.45) is 0. The molecule has 0 amide bonds. The number of halogens is 3. The van der Waals surface area contributed by atoms with Crippen LogP contribution in [0.2, 0.25) is 0 Å². The lowest BCUT2D eigenvalue weighted by Gasteiger charge is -2.16. The van der Waals surface area contributed by atoms with Gasteiger partial charge >= 0.3 is 0 Å². The summed E-state index contributed by atoms with van der Waals surface area (Å²) in [6, 6.07) is 19.6. The average Bonchev–Trinajstić information content (AvgIpc) is 3.62. The minimum absolute atomic E-state index is 0.278. The van der Waals surface area contributed by atoms with Crippen molar-refractivity contribution in [3.8, 4) is 60.7 Å². The quantitative estimate of drug-likeness (QED) is 0.251. The zero-order valence-corrected chi connectivity index (χ0v) is 23.9. The van der Waals surface area contributed by atoms with Crippen molar-refractivity contribution in [3.05, 3.63) is 109 Å². The summed E-state index contributed by atoms with van der Waals surface area (Å²) in [5, 5.41) is 101. The van der Waals surface area contributed by atoms with Gasteiger partial charge in [0.25, 0.3) is 0 Å². The maximum absolute atomic E-state index is 15.6. The fourth-order valence-electron chi connectivity index (χ4n) is 5.81. The Balaban J connectivity index is 2.15. The van der Waals surface area contributed by atoms with Gasteiger partial charge in [0.15, 0.2) is 5.69 Å². The number of hydrogen-bond acceptors (Lipinski definition) is 11. The number of fused-ring (bicyclic) bond motifs is 2. The summed E-state index contributed by atoms with van der Waals surface area (Å²) in [6.45, 7) is 0. The zero-order chi connectivity index (χ0) is 35.7. The van der Waals surface area contributed by atoms with Crippen molar-refractivity contribution in [1.82, 2.24) is 4.98 Å².